The van der Waals surface area contributed by atoms with Gasteiger partial charge in [-0.2, -0.15) is 0 Å². The summed E-state index contributed by atoms with van der Waals surface area (Å²) in [4.78, 5) is 23.6. The zero-order valence-corrected chi connectivity index (χ0v) is 12.6. The van der Waals surface area contributed by atoms with Crippen LogP contribution in [0.4, 0.5) is 0 Å². The molecule has 2 heterocycles. The van der Waals surface area contributed by atoms with E-state index >= 15 is 0 Å². The quantitative estimate of drug-likeness (QED) is 0.739. The van der Waals surface area contributed by atoms with Crippen LogP contribution < -0.4 is 10.1 Å². The number of imide groups is 1. The molecule has 1 saturated heterocycles. The van der Waals surface area contributed by atoms with E-state index in [0.29, 0.717) is 12.8 Å². The van der Waals surface area contributed by atoms with E-state index in [1.165, 1.54) is 0 Å². The minimum absolute atomic E-state index is 0.217. The summed E-state index contributed by atoms with van der Waals surface area (Å²) in [6.45, 7) is 0. The first-order valence-electron chi connectivity index (χ1n) is 7.49. The molecule has 0 saturated carbocycles. The monoisotopic (exact) mass is 309 g/mol. The van der Waals surface area contributed by atoms with E-state index < -0.39 is 0 Å². The molecule has 1 aliphatic rings. The van der Waals surface area contributed by atoms with Gasteiger partial charge < -0.3 is 9.15 Å². The minimum atomic E-state index is -0.370. The number of amides is 2. The molecule has 1 fully saturated rings. The van der Waals surface area contributed by atoms with Crippen LogP contribution in [0.5, 0.6) is 5.75 Å². The van der Waals surface area contributed by atoms with Crippen LogP contribution in [-0.4, -0.2) is 18.9 Å². The Hall–Kier alpha value is -2.82. The van der Waals surface area contributed by atoms with E-state index in [2.05, 4.69) is 5.32 Å². The van der Waals surface area contributed by atoms with Crippen LogP contribution in [0.1, 0.15) is 24.3 Å². The number of methoxy groups -OCH3 is 1. The first-order chi connectivity index (χ1) is 11.2. The average Bonchev–Trinajstić information content (AvgIpc) is 2.98. The molecule has 0 radical (unpaired) electrons. The van der Waals surface area contributed by atoms with Gasteiger partial charge >= 0.3 is 0 Å². The van der Waals surface area contributed by atoms with Gasteiger partial charge in [-0.05, 0) is 30.0 Å². The third kappa shape index (κ3) is 2.08. The number of rotatable bonds is 2. The van der Waals surface area contributed by atoms with Gasteiger partial charge in [-0.3, -0.25) is 14.9 Å². The molecule has 1 atom stereocenters. The van der Waals surface area contributed by atoms with Gasteiger partial charge in [-0.1, -0.05) is 12.1 Å². The Bertz CT molecular complexity index is 941. The molecule has 5 nitrogen and oxygen atoms in total. The molecule has 3 aromatic rings. The summed E-state index contributed by atoms with van der Waals surface area (Å²) in [5.74, 6) is -0.0694. The third-order valence-corrected chi connectivity index (χ3v) is 4.42. The largest absolute Gasteiger partial charge is 0.496 e. The predicted molar refractivity (Wildman–Crippen MR) is 85.4 cm³/mol. The van der Waals surface area contributed by atoms with Crippen LogP contribution in [0.15, 0.2) is 41.0 Å². The number of furan rings is 1. The Morgan fingerprint density at radius 1 is 1.17 bits per heavy atom. The molecule has 1 aliphatic heterocycles. The fourth-order valence-corrected chi connectivity index (χ4v) is 3.32. The van der Waals surface area contributed by atoms with Crippen LogP contribution in [0, 0.1) is 0 Å². The highest BCUT2D eigenvalue weighted by Gasteiger charge is 2.31. The lowest BCUT2D eigenvalue weighted by molar-refractivity contribution is -0.134. The maximum Gasteiger partial charge on any atom is 0.234 e. The average molecular weight is 309 g/mol. The zero-order chi connectivity index (χ0) is 16.0. The summed E-state index contributed by atoms with van der Waals surface area (Å²) in [5, 5.41) is 5.27. The zero-order valence-electron chi connectivity index (χ0n) is 12.6. The minimum Gasteiger partial charge on any atom is -0.496 e. The Balaban J connectivity index is 1.96. The number of benzene rings is 2. The predicted octanol–water partition coefficient (Wildman–Crippen LogP) is 3.11. The lowest BCUT2D eigenvalue weighted by atomic mass is 9.89. The van der Waals surface area contributed by atoms with E-state index in [-0.39, 0.29) is 17.7 Å². The molecular formula is C18H15NO4. The van der Waals surface area contributed by atoms with E-state index in [9.17, 15) is 9.59 Å². The SMILES string of the molecule is COc1cccc2c1ccc1occ([C@H]3CCC(=O)NC3=O)c12. The maximum absolute atomic E-state index is 12.2. The summed E-state index contributed by atoms with van der Waals surface area (Å²) in [6, 6.07) is 9.65. The summed E-state index contributed by atoms with van der Waals surface area (Å²) in [5.41, 5.74) is 1.55. The van der Waals surface area contributed by atoms with Crippen molar-refractivity contribution in [3.8, 4) is 5.75 Å². The normalized spacial score (nSPS) is 18.4. The standard InChI is InChI=1S/C18H15NO4/c1-22-14-4-2-3-11-10(14)5-7-15-17(11)13(9-23-15)12-6-8-16(20)19-18(12)21/h2-5,7,9,12H,6,8H2,1H3,(H,19,20,21)/t12-/m1/s1. The second-order valence-corrected chi connectivity index (χ2v) is 5.69. The third-order valence-electron chi connectivity index (χ3n) is 4.42. The number of hydrogen-bond acceptors (Lipinski definition) is 4. The molecule has 116 valence electrons. The molecule has 2 amide bonds. The number of carbonyl (C=O) groups is 2. The number of hydrogen-bond donors (Lipinski definition) is 1. The van der Waals surface area contributed by atoms with Crippen molar-refractivity contribution >= 4 is 33.6 Å². The number of piperidine rings is 1. The van der Waals surface area contributed by atoms with Crippen LogP contribution in [0.2, 0.25) is 0 Å². The van der Waals surface area contributed by atoms with Crippen molar-refractivity contribution < 1.29 is 18.7 Å². The molecule has 5 heteroatoms. The van der Waals surface area contributed by atoms with Crippen molar-refractivity contribution in [2.45, 2.75) is 18.8 Å². The van der Waals surface area contributed by atoms with Crippen molar-refractivity contribution in [3.05, 3.63) is 42.2 Å². The van der Waals surface area contributed by atoms with Crippen molar-refractivity contribution in [1.82, 2.24) is 5.32 Å². The van der Waals surface area contributed by atoms with Crippen LogP contribution in [0.3, 0.4) is 0 Å². The summed E-state index contributed by atoms with van der Waals surface area (Å²) >= 11 is 0. The van der Waals surface area contributed by atoms with E-state index in [4.69, 9.17) is 9.15 Å². The Kier molecular flexibility index (Phi) is 3.08. The Morgan fingerprint density at radius 2 is 2.04 bits per heavy atom. The van der Waals surface area contributed by atoms with Crippen LogP contribution in [-0.2, 0) is 9.59 Å². The molecule has 2 aromatic carbocycles. The molecule has 23 heavy (non-hydrogen) atoms. The van der Waals surface area contributed by atoms with Crippen LogP contribution >= 0.6 is 0 Å². The number of nitrogens with one attached hydrogen (secondary N) is 1. The molecule has 1 N–H and O–H groups in total. The molecule has 0 bridgehead atoms. The van der Waals surface area contributed by atoms with E-state index in [0.717, 1.165) is 33.1 Å². The second-order valence-electron chi connectivity index (χ2n) is 5.69. The van der Waals surface area contributed by atoms with Gasteiger partial charge in [-0.25, -0.2) is 0 Å². The molecule has 0 unspecified atom stereocenters. The fraction of sp³-hybridized carbons (Fsp3) is 0.222. The fourth-order valence-electron chi connectivity index (χ4n) is 3.32. The first kappa shape index (κ1) is 13.8. The van der Waals surface area contributed by atoms with E-state index in [1.807, 2.05) is 30.3 Å². The van der Waals surface area contributed by atoms with Gasteiger partial charge in [0.2, 0.25) is 11.8 Å². The van der Waals surface area contributed by atoms with E-state index in [1.54, 1.807) is 13.4 Å². The molecule has 0 spiro atoms. The van der Waals surface area contributed by atoms with Crippen molar-refractivity contribution in [2.75, 3.05) is 7.11 Å². The van der Waals surface area contributed by atoms with Crippen LogP contribution in [0.25, 0.3) is 21.7 Å². The number of carbonyl (C=O) groups excluding carboxylic acids is 2. The summed E-state index contributed by atoms with van der Waals surface area (Å²) < 4.78 is 11.1. The van der Waals surface area contributed by atoms with Gasteiger partial charge in [0.05, 0.1) is 19.3 Å². The van der Waals surface area contributed by atoms with Crippen molar-refractivity contribution in [1.29, 1.82) is 0 Å². The van der Waals surface area contributed by atoms with Crippen molar-refractivity contribution in [2.24, 2.45) is 0 Å². The van der Waals surface area contributed by atoms with Crippen molar-refractivity contribution in [3.63, 3.8) is 0 Å². The van der Waals surface area contributed by atoms with Gasteiger partial charge in [-0.15, -0.1) is 0 Å². The highest BCUT2D eigenvalue weighted by Crippen LogP contribution is 2.38. The summed E-state index contributed by atoms with van der Waals surface area (Å²) in [6.07, 6.45) is 2.47. The number of fused-ring (bicyclic) bond motifs is 3. The topological polar surface area (TPSA) is 68.5 Å². The van der Waals surface area contributed by atoms with Gasteiger partial charge in [0.25, 0.3) is 0 Å². The highest BCUT2D eigenvalue weighted by atomic mass is 16.5. The Labute approximate surface area is 132 Å². The van der Waals surface area contributed by atoms with Gasteiger partial charge in [0, 0.05) is 22.8 Å². The summed E-state index contributed by atoms with van der Waals surface area (Å²) in [7, 11) is 1.63. The lowest BCUT2D eigenvalue weighted by Crippen LogP contribution is -2.39. The lowest BCUT2D eigenvalue weighted by Gasteiger charge is -2.20. The highest BCUT2D eigenvalue weighted by molar-refractivity contribution is 6.12. The second kappa shape index (κ2) is 5.12. The van der Waals surface area contributed by atoms with Gasteiger partial charge in [0.1, 0.15) is 11.3 Å². The maximum atomic E-state index is 12.2. The molecule has 4 rings (SSSR count). The van der Waals surface area contributed by atoms with Gasteiger partial charge in [0.15, 0.2) is 0 Å². The first-order valence-corrected chi connectivity index (χ1v) is 7.49. The smallest absolute Gasteiger partial charge is 0.234 e. The number of ether oxygens (including phenoxy) is 1. The molecular weight excluding hydrogens is 294 g/mol. The molecule has 0 aliphatic carbocycles. The molecule has 1 aromatic heterocycles. The Morgan fingerprint density at radius 3 is 2.83 bits per heavy atom.